The van der Waals surface area contributed by atoms with Crippen LogP contribution in [-0.2, 0) is 0 Å². The first-order valence-corrected chi connectivity index (χ1v) is 5.99. The van der Waals surface area contributed by atoms with Crippen molar-refractivity contribution in [3.63, 3.8) is 0 Å². The summed E-state index contributed by atoms with van der Waals surface area (Å²) in [6.07, 6.45) is 3.69. The molecule has 1 N–H and O–H groups in total. The predicted molar refractivity (Wildman–Crippen MR) is 63.9 cm³/mol. The first kappa shape index (κ1) is 11.3. The van der Waals surface area contributed by atoms with Gasteiger partial charge in [0.25, 0.3) is 0 Å². The Labute approximate surface area is 96.6 Å². The van der Waals surface area contributed by atoms with Crippen molar-refractivity contribution < 1.29 is 9.84 Å². The lowest BCUT2D eigenvalue weighted by atomic mass is 10.3. The summed E-state index contributed by atoms with van der Waals surface area (Å²) in [5.74, 6) is 0.813. The fraction of sp³-hybridized carbons (Fsp3) is 0.538. The summed E-state index contributed by atoms with van der Waals surface area (Å²) in [6, 6.07) is 7.11. The molecule has 1 aliphatic rings. The number of benzene rings is 1. The van der Waals surface area contributed by atoms with Crippen LogP contribution < -0.4 is 4.74 Å². The minimum absolute atomic E-state index is 0.226. The molecular formula is C13H19NO2. The number of likely N-dealkylation sites (tertiary alicyclic amines) is 1. The third kappa shape index (κ3) is 3.14. The molecule has 3 nitrogen and oxygen atoms in total. The van der Waals surface area contributed by atoms with Crippen molar-refractivity contribution in [3.05, 3.63) is 24.3 Å². The second-order valence-electron chi connectivity index (χ2n) is 4.22. The standard InChI is InChI=1S/C13H19NO2/c15-12-6-1-2-7-13(12)16-11-5-10-14-8-3-4-9-14/h1-2,6-7,15H,3-5,8-11H2. The first-order valence-electron chi connectivity index (χ1n) is 5.99. The summed E-state index contributed by atoms with van der Waals surface area (Å²) >= 11 is 0. The lowest BCUT2D eigenvalue weighted by molar-refractivity contribution is 0.256. The molecule has 0 unspecified atom stereocenters. The van der Waals surface area contributed by atoms with Gasteiger partial charge in [0.2, 0.25) is 0 Å². The van der Waals surface area contributed by atoms with E-state index < -0.39 is 0 Å². The van der Waals surface area contributed by atoms with E-state index in [9.17, 15) is 5.11 Å². The summed E-state index contributed by atoms with van der Waals surface area (Å²) in [4.78, 5) is 2.47. The van der Waals surface area contributed by atoms with Gasteiger partial charge in [0.05, 0.1) is 6.61 Å². The van der Waals surface area contributed by atoms with E-state index in [1.54, 1.807) is 18.2 Å². The average molecular weight is 221 g/mol. The number of ether oxygens (including phenoxy) is 1. The van der Waals surface area contributed by atoms with Crippen molar-refractivity contribution in [1.82, 2.24) is 4.90 Å². The summed E-state index contributed by atoms with van der Waals surface area (Å²) in [5, 5.41) is 9.49. The molecule has 1 aromatic carbocycles. The van der Waals surface area contributed by atoms with Crippen LogP contribution in [0.2, 0.25) is 0 Å². The largest absolute Gasteiger partial charge is 0.504 e. The van der Waals surface area contributed by atoms with E-state index in [0.29, 0.717) is 12.4 Å². The highest BCUT2D eigenvalue weighted by Gasteiger charge is 2.10. The fourth-order valence-corrected chi connectivity index (χ4v) is 2.06. The molecular weight excluding hydrogens is 202 g/mol. The molecule has 16 heavy (non-hydrogen) atoms. The van der Waals surface area contributed by atoms with Gasteiger partial charge in [-0.15, -0.1) is 0 Å². The minimum Gasteiger partial charge on any atom is -0.504 e. The number of phenols is 1. The Morgan fingerprint density at radius 1 is 1.19 bits per heavy atom. The van der Waals surface area contributed by atoms with Gasteiger partial charge in [-0.25, -0.2) is 0 Å². The average Bonchev–Trinajstić information content (AvgIpc) is 2.79. The van der Waals surface area contributed by atoms with Gasteiger partial charge < -0.3 is 14.7 Å². The Kier molecular flexibility index (Phi) is 4.05. The van der Waals surface area contributed by atoms with Crippen molar-refractivity contribution in [3.8, 4) is 11.5 Å². The SMILES string of the molecule is Oc1ccccc1OCCCN1CCCC1. The Morgan fingerprint density at radius 3 is 2.69 bits per heavy atom. The second-order valence-corrected chi connectivity index (χ2v) is 4.22. The van der Waals surface area contributed by atoms with Crippen LogP contribution in [0, 0.1) is 0 Å². The van der Waals surface area contributed by atoms with Crippen LogP contribution in [-0.4, -0.2) is 36.2 Å². The van der Waals surface area contributed by atoms with E-state index in [2.05, 4.69) is 4.90 Å². The van der Waals surface area contributed by atoms with Crippen molar-refractivity contribution in [1.29, 1.82) is 0 Å². The smallest absolute Gasteiger partial charge is 0.160 e. The van der Waals surface area contributed by atoms with Crippen LogP contribution in [0.4, 0.5) is 0 Å². The number of para-hydroxylation sites is 2. The zero-order chi connectivity index (χ0) is 11.2. The number of nitrogens with zero attached hydrogens (tertiary/aromatic N) is 1. The molecule has 3 heteroatoms. The lowest BCUT2D eigenvalue weighted by Gasteiger charge is -2.14. The normalized spacial score (nSPS) is 16.5. The molecule has 1 aromatic rings. The molecule has 0 atom stereocenters. The molecule has 1 fully saturated rings. The Hall–Kier alpha value is -1.22. The molecule has 1 aliphatic heterocycles. The number of aromatic hydroxyl groups is 1. The summed E-state index contributed by atoms with van der Waals surface area (Å²) in [6.45, 7) is 4.24. The van der Waals surface area contributed by atoms with Crippen molar-refractivity contribution in [2.75, 3.05) is 26.2 Å². The van der Waals surface area contributed by atoms with E-state index in [-0.39, 0.29) is 5.75 Å². The lowest BCUT2D eigenvalue weighted by Crippen LogP contribution is -2.21. The number of hydrogen-bond donors (Lipinski definition) is 1. The van der Waals surface area contributed by atoms with Crippen LogP contribution in [0.15, 0.2) is 24.3 Å². The first-order chi connectivity index (χ1) is 7.86. The molecule has 0 radical (unpaired) electrons. The third-order valence-corrected chi connectivity index (χ3v) is 2.94. The molecule has 2 rings (SSSR count). The fourth-order valence-electron chi connectivity index (χ4n) is 2.06. The highest BCUT2D eigenvalue weighted by atomic mass is 16.5. The van der Waals surface area contributed by atoms with Crippen LogP contribution in [0.5, 0.6) is 11.5 Å². The van der Waals surface area contributed by atoms with Gasteiger partial charge in [-0.2, -0.15) is 0 Å². The summed E-state index contributed by atoms with van der Waals surface area (Å²) < 4.78 is 5.52. The molecule has 0 aliphatic carbocycles. The maximum Gasteiger partial charge on any atom is 0.160 e. The molecule has 0 amide bonds. The van der Waals surface area contributed by atoms with Gasteiger partial charge in [-0.3, -0.25) is 0 Å². The van der Waals surface area contributed by atoms with Crippen LogP contribution >= 0.6 is 0 Å². The number of hydrogen-bond acceptors (Lipinski definition) is 3. The van der Waals surface area contributed by atoms with Gasteiger partial charge in [0.15, 0.2) is 11.5 Å². The maximum absolute atomic E-state index is 9.49. The molecule has 0 spiro atoms. The monoisotopic (exact) mass is 221 g/mol. The topological polar surface area (TPSA) is 32.7 Å². The van der Waals surface area contributed by atoms with E-state index in [4.69, 9.17) is 4.74 Å². The van der Waals surface area contributed by atoms with Crippen molar-refractivity contribution in [2.45, 2.75) is 19.3 Å². The van der Waals surface area contributed by atoms with Gasteiger partial charge in [-0.1, -0.05) is 12.1 Å². The van der Waals surface area contributed by atoms with E-state index >= 15 is 0 Å². The zero-order valence-electron chi connectivity index (χ0n) is 9.56. The minimum atomic E-state index is 0.226. The van der Waals surface area contributed by atoms with E-state index in [1.807, 2.05) is 6.07 Å². The number of rotatable bonds is 5. The number of phenolic OH excluding ortho intramolecular Hbond substituents is 1. The quantitative estimate of drug-likeness (QED) is 0.774. The summed E-state index contributed by atoms with van der Waals surface area (Å²) in [7, 11) is 0. The zero-order valence-corrected chi connectivity index (χ0v) is 9.56. The van der Waals surface area contributed by atoms with Gasteiger partial charge in [0, 0.05) is 6.54 Å². The Balaban J connectivity index is 1.66. The molecule has 0 bridgehead atoms. The second kappa shape index (κ2) is 5.75. The van der Waals surface area contributed by atoms with Crippen molar-refractivity contribution in [2.24, 2.45) is 0 Å². The maximum atomic E-state index is 9.49. The van der Waals surface area contributed by atoms with E-state index in [1.165, 1.54) is 25.9 Å². The third-order valence-electron chi connectivity index (χ3n) is 2.94. The van der Waals surface area contributed by atoms with Crippen LogP contribution in [0.1, 0.15) is 19.3 Å². The van der Waals surface area contributed by atoms with Gasteiger partial charge in [-0.05, 0) is 44.5 Å². The van der Waals surface area contributed by atoms with Gasteiger partial charge >= 0.3 is 0 Å². The summed E-state index contributed by atoms with van der Waals surface area (Å²) in [5.41, 5.74) is 0. The Morgan fingerprint density at radius 2 is 1.94 bits per heavy atom. The van der Waals surface area contributed by atoms with Crippen LogP contribution in [0.3, 0.4) is 0 Å². The predicted octanol–water partition coefficient (Wildman–Crippen LogP) is 2.26. The van der Waals surface area contributed by atoms with Gasteiger partial charge in [0.1, 0.15) is 0 Å². The Bertz CT molecular complexity index is 321. The van der Waals surface area contributed by atoms with Crippen LogP contribution in [0.25, 0.3) is 0 Å². The molecule has 88 valence electrons. The molecule has 0 saturated carbocycles. The molecule has 1 saturated heterocycles. The highest BCUT2D eigenvalue weighted by molar-refractivity contribution is 5.37. The molecule has 0 aromatic heterocycles. The molecule has 1 heterocycles. The van der Waals surface area contributed by atoms with Crippen molar-refractivity contribution >= 4 is 0 Å². The highest BCUT2D eigenvalue weighted by Crippen LogP contribution is 2.24. The van der Waals surface area contributed by atoms with E-state index in [0.717, 1.165) is 13.0 Å².